The highest BCUT2D eigenvalue weighted by Gasteiger charge is 2.15. The molecule has 0 aliphatic rings. The van der Waals surface area contributed by atoms with Gasteiger partial charge in [-0.3, -0.25) is 4.79 Å². The first kappa shape index (κ1) is 18.8. The average Bonchev–Trinajstić information content (AvgIpc) is 2.59. The van der Waals surface area contributed by atoms with Crippen molar-refractivity contribution in [3.8, 4) is 11.8 Å². The number of hydrogen-bond donors (Lipinski definition) is 1. The number of pyridine rings is 1. The Hall–Kier alpha value is -2.52. The smallest absolute Gasteiger partial charge is 0.230 e. The van der Waals surface area contributed by atoms with Gasteiger partial charge >= 0.3 is 0 Å². The Kier molecular flexibility index (Phi) is 6.43. The van der Waals surface area contributed by atoms with Gasteiger partial charge < -0.3 is 10.1 Å². The molecule has 25 heavy (non-hydrogen) atoms. The van der Waals surface area contributed by atoms with E-state index in [4.69, 9.17) is 4.74 Å². The van der Waals surface area contributed by atoms with Gasteiger partial charge in [0, 0.05) is 11.3 Å². The first-order valence-corrected chi connectivity index (χ1v) is 8.88. The molecule has 0 saturated carbocycles. The Bertz CT molecular complexity index is 815. The van der Waals surface area contributed by atoms with E-state index < -0.39 is 0 Å². The van der Waals surface area contributed by atoms with Gasteiger partial charge in [-0.05, 0) is 38.5 Å². The molecular weight excluding hydrogens is 334 g/mol. The van der Waals surface area contributed by atoms with Gasteiger partial charge in [-0.25, -0.2) is 4.98 Å². The zero-order valence-electron chi connectivity index (χ0n) is 14.8. The number of aromatic nitrogens is 1. The lowest BCUT2D eigenvalue weighted by Gasteiger charge is -2.17. The van der Waals surface area contributed by atoms with Crippen molar-refractivity contribution in [3.63, 3.8) is 0 Å². The van der Waals surface area contributed by atoms with E-state index in [2.05, 4.69) is 16.4 Å². The van der Waals surface area contributed by atoms with E-state index in [-0.39, 0.29) is 17.7 Å². The molecule has 1 unspecified atom stereocenters. The van der Waals surface area contributed by atoms with Crippen LogP contribution in [-0.4, -0.2) is 23.8 Å². The number of carbonyl (C=O) groups excluding carboxylic acids is 1. The van der Waals surface area contributed by atoms with Crippen molar-refractivity contribution in [2.24, 2.45) is 0 Å². The van der Waals surface area contributed by atoms with Crippen molar-refractivity contribution in [2.75, 3.05) is 12.9 Å². The Morgan fingerprint density at radius 1 is 1.40 bits per heavy atom. The Morgan fingerprint density at radius 2 is 2.12 bits per heavy atom. The van der Waals surface area contributed by atoms with Gasteiger partial charge in [0.15, 0.2) is 0 Å². The van der Waals surface area contributed by atoms with Gasteiger partial charge in [-0.15, -0.1) is 0 Å². The zero-order chi connectivity index (χ0) is 18.4. The van der Waals surface area contributed by atoms with Crippen LogP contribution in [0.15, 0.2) is 35.4 Å². The van der Waals surface area contributed by atoms with E-state index in [0.717, 1.165) is 22.6 Å². The van der Waals surface area contributed by atoms with Crippen LogP contribution in [0.3, 0.4) is 0 Å². The number of hydrogen-bond acceptors (Lipinski definition) is 5. The van der Waals surface area contributed by atoms with Gasteiger partial charge in [-0.1, -0.05) is 30.0 Å². The molecule has 1 heterocycles. The molecule has 0 spiro atoms. The predicted molar refractivity (Wildman–Crippen MR) is 98.7 cm³/mol. The van der Waals surface area contributed by atoms with Crippen LogP contribution in [-0.2, 0) is 4.79 Å². The molecule has 1 amide bonds. The van der Waals surface area contributed by atoms with E-state index in [0.29, 0.717) is 10.6 Å². The van der Waals surface area contributed by atoms with Crippen molar-refractivity contribution in [1.29, 1.82) is 5.26 Å². The van der Waals surface area contributed by atoms with E-state index in [9.17, 15) is 10.1 Å². The summed E-state index contributed by atoms with van der Waals surface area (Å²) < 4.78 is 5.33. The minimum atomic E-state index is -0.174. The quantitative estimate of drug-likeness (QED) is 0.802. The number of carbonyl (C=O) groups is 1. The number of amides is 1. The zero-order valence-corrected chi connectivity index (χ0v) is 15.6. The number of methoxy groups -OCH3 is 1. The SMILES string of the molecule is COc1ccccc1C(C)NC(=O)CSc1nc(C)cc(C)c1C#N. The molecule has 1 aromatic heterocycles. The van der Waals surface area contributed by atoms with Crippen molar-refractivity contribution < 1.29 is 9.53 Å². The Morgan fingerprint density at radius 3 is 2.80 bits per heavy atom. The molecule has 0 aliphatic heterocycles. The van der Waals surface area contributed by atoms with Crippen LogP contribution in [0.25, 0.3) is 0 Å². The molecule has 2 aromatic rings. The second kappa shape index (κ2) is 8.54. The molecule has 6 heteroatoms. The Balaban J connectivity index is 2.03. The van der Waals surface area contributed by atoms with Crippen LogP contribution in [0.5, 0.6) is 5.75 Å². The summed E-state index contributed by atoms with van der Waals surface area (Å²) in [7, 11) is 1.61. The summed E-state index contributed by atoms with van der Waals surface area (Å²) >= 11 is 1.28. The molecule has 0 radical (unpaired) electrons. The molecule has 0 fully saturated rings. The maximum absolute atomic E-state index is 12.3. The number of para-hydroxylation sites is 1. The summed E-state index contributed by atoms with van der Waals surface area (Å²) in [6.07, 6.45) is 0. The van der Waals surface area contributed by atoms with Crippen LogP contribution in [0.1, 0.15) is 35.3 Å². The second-order valence-electron chi connectivity index (χ2n) is 5.69. The number of aryl methyl sites for hydroxylation is 2. The average molecular weight is 355 g/mol. The van der Waals surface area contributed by atoms with Crippen molar-refractivity contribution in [3.05, 3.63) is 52.7 Å². The van der Waals surface area contributed by atoms with Crippen LogP contribution in [0.4, 0.5) is 0 Å². The van der Waals surface area contributed by atoms with E-state index in [1.54, 1.807) is 7.11 Å². The number of benzene rings is 1. The molecule has 0 aliphatic carbocycles. The highest BCUT2D eigenvalue weighted by molar-refractivity contribution is 8.00. The predicted octanol–water partition coefficient (Wildman–Crippen LogP) is 3.55. The monoisotopic (exact) mass is 355 g/mol. The van der Waals surface area contributed by atoms with Crippen molar-refractivity contribution >= 4 is 17.7 Å². The summed E-state index contributed by atoms with van der Waals surface area (Å²) in [5.74, 6) is 0.823. The van der Waals surface area contributed by atoms with Crippen LogP contribution >= 0.6 is 11.8 Å². The minimum Gasteiger partial charge on any atom is -0.496 e. The molecule has 130 valence electrons. The molecule has 2 rings (SSSR count). The standard InChI is InChI=1S/C19H21N3O2S/c1-12-9-13(2)21-19(16(12)10-20)25-11-18(23)22-14(3)15-7-5-6-8-17(15)24-4/h5-9,14H,11H2,1-4H3,(H,22,23). The third kappa shape index (κ3) is 4.74. The fraction of sp³-hybridized carbons (Fsp3) is 0.316. The summed E-state index contributed by atoms with van der Waals surface area (Å²) in [6.45, 7) is 5.67. The van der Waals surface area contributed by atoms with E-state index in [1.165, 1.54) is 11.8 Å². The third-order valence-corrected chi connectivity index (χ3v) is 4.72. The molecule has 0 bridgehead atoms. The van der Waals surface area contributed by atoms with Gasteiger partial charge in [0.25, 0.3) is 0 Å². The number of ether oxygens (including phenoxy) is 1. The summed E-state index contributed by atoms with van der Waals surface area (Å²) in [6, 6.07) is 11.5. The third-order valence-electron chi connectivity index (χ3n) is 3.75. The second-order valence-corrected chi connectivity index (χ2v) is 6.66. The lowest BCUT2D eigenvalue weighted by Crippen LogP contribution is -2.28. The highest BCUT2D eigenvalue weighted by Crippen LogP contribution is 2.26. The maximum atomic E-state index is 12.3. The van der Waals surface area contributed by atoms with Crippen molar-refractivity contribution in [1.82, 2.24) is 10.3 Å². The van der Waals surface area contributed by atoms with E-state index in [1.807, 2.05) is 51.1 Å². The van der Waals surface area contributed by atoms with Crippen LogP contribution in [0.2, 0.25) is 0 Å². The van der Waals surface area contributed by atoms with Gasteiger partial charge in [0.05, 0.1) is 24.5 Å². The first-order valence-electron chi connectivity index (χ1n) is 7.89. The summed E-state index contributed by atoms with van der Waals surface area (Å²) in [4.78, 5) is 16.7. The number of nitrogens with zero attached hydrogens (tertiary/aromatic N) is 2. The molecule has 1 N–H and O–H groups in total. The van der Waals surface area contributed by atoms with Crippen LogP contribution < -0.4 is 10.1 Å². The summed E-state index contributed by atoms with van der Waals surface area (Å²) in [5, 5.41) is 12.8. The van der Waals surface area contributed by atoms with E-state index >= 15 is 0 Å². The fourth-order valence-electron chi connectivity index (χ4n) is 2.56. The minimum absolute atomic E-state index is 0.117. The normalized spacial score (nSPS) is 11.5. The summed E-state index contributed by atoms with van der Waals surface area (Å²) in [5.41, 5.74) is 3.16. The molecule has 5 nitrogen and oxygen atoms in total. The van der Waals surface area contributed by atoms with Crippen LogP contribution in [0, 0.1) is 25.2 Å². The number of nitrogens with one attached hydrogen (secondary N) is 1. The first-order chi connectivity index (χ1) is 12.0. The number of thioether (sulfide) groups is 1. The lowest BCUT2D eigenvalue weighted by molar-refractivity contribution is -0.119. The fourth-order valence-corrected chi connectivity index (χ4v) is 3.47. The molecule has 1 aromatic carbocycles. The number of rotatable bonds is 6. The molecule has 1 atom stereocenters. The van der Waals surface area contributed by atoms with Crippen molar-refractivity contribution in [2.45, 2.75) is 31.8 Å². The largest absolute Gasteiger partial charge is 0.496 e. The maximum Gasteiger partial charge on any atom is 0.230 e. The lowest BCUT2D eigenvalue weighted by atomic mass is 10.1. The van der Waals surface area contributed by atoms with Gasteiger partial charge in [0.2, 0.25) is 5.91 Å². The van der Waals surface area contributed by atoms with Gasteiger partial charge in [-0.2, -0.15) is 5.26 Å². The number of nitriles is 1. The topological polar surface area (TPSA) is 75.0 Å². The molecular formula is C19H21N3O2S. The Labute approximate surface area is 152 Å². The molecule has 0 saturated heterocycles. The highest BCUT2D eigenvalue weighted by atomic mass is 32.2. The van der Waals surface area contributed by atoms with Gasteiger partial charge in [0.1, 0.15) is 16.8 Å².